The molecule has 1 aliphatic heterocycles. The van der Waals surface area contributed by atoms with Gasteiger partial charge < -0.3 is 4.90 Å². The Hall–Kier alpha value is -0.790. The Kier molecular flexibility index (Phi) is 2.49. The second-order valence-electron chi connectivity index (χ2n) is 2.53. The maximum atomic E-state index is 11.1. The van der Waals surface area contributed by atoms with E-state index in [1.165, 1.54) is 0 Å². The van der Waals surface area contributed by atoms with Gasteiger partial charge in [-0.05, 0) is 19.8 Å². The summed E-state index contributed by atoms with van der Waals surface area (Å²) in [6.07, 6.45) is 6.71. The topological polar surface area (TPSA) is 20.3 Å². The van der Waals surface area contributed by atoms with Crippen LogP contribution >= 0.6 is 0 Å². The van der Waals surface area contributed by atoms with Crippen molar-refractivity contribution in [1.29, 1.82) is 0 Å². The summed E-state index contributed by atoms with van der Waals surface area (Å²) in [5.74, 6) is 0.268. The van der Waals surface area contributed by atoms with Crippen LogP contribution in [0.3, 0.4) is 0 Å². The maximum absolute atomic E-state index is 11.1. The molecule has 0 unspecified atom stereocenters. The standard InChI is InChI=1S/C8H13NO/c1-2-6-9-7-4-3-5-8(9)10/h2,6H,3-5,7H2,1H3/b6-2+. The zero-order valence-corrected chi connectivity index (χ0v) is 6.34. The van der Waals surface area contributed by atoms with Crippen molar-refractivity contribution in [3.63, 3.8) is 0 Å². The Labute approximate surface area is 61.5 Å². The van der Waals surface area contributed by atoms with Gasteiger partial charge in [-0.2, -0.15) is 0 Å². The van der Waals surface area contributed by atoms with E-state index in [-0.39, 0.29) is 5.91 Å². The van der Waals surface area contributed by atoms with Crippen molar-refractivity contribution in [2.24, 2.45) is 0 Å². The summed E-state index contributed by atoms with van der Waals surface area (Å²) in [6, 6.07) is 0. The highest BCUT2D eigenvalue weighted by molar-refractivity contribution is 5.77. The lowest BCUT2D eigenvalue weighted by molar-refractivity contribution is -0.130. The molecule has 0 spiro atoms. The number of rotatable bonds is 1. The number of carbonyl (C=O) groups excluding carboxylic acids is 1. The number of hydrogen-bond donors (Lipinski definition) is 0. The van der Waals surface area contributed by atoms with Crippen molar-refractivity contribution in [3.8, 4) is 0 Å². The summed E-state index contributed by atoms with van der Waals surface area (Å²) < 4.78 is 0. The average molecular weight is 139 g/mol. The lowest BCUT2D eigenvalue weighted by Crippen LogP contribution is -2.30. The molecule has 56 valence electrons. The molecule has 0 aromatic rings. The Morgan fingerprint density at radius 3 is 2.90 bits per heavy atom. The van der Waals surface area contributed by atoms with E-state index >= 15 is 0 Å². The van der Waals surface area contributed by atoms with E-state index < -0.39 is 0 Å². The van der Waals surface area contributed by atoms with E-state index in [2.05, 4.69) is 0 Å². The van der Waals surface area contributed by atoms with Gasteiger partial charge in [0.2, 0.25) is 5.91 Å². The highest BCUT2D eigenvalue weighted by atomic mass is 16.2. The summed E-state index contributed by atoms with van der Waals surface area (Å²) in [4.78, 5) is 12.9. The molecule has 0 aromatic carbocycles. The quantitative estimate of drug-likeness (QED) is 0.539. The molecule has 2 heteroatoms. The third kappa shape index (κ3) is 1.59. The molecule has 0 N–H and O–H groups in total. The number of nitrogens with zero attached hydrogens (tertiary/aromatic N) is 1. The molecule has 1 aliphatic rings. The molecule has 1 amide bonds. The third-order valence-electron chi connectivity index (χ3n) is 1.69. The molecule has 0 saturated carbocycles. The lowest BCUT2D eigenvalue weighted by atomic mass is 10.1. The molecule has 0 bridgehead atoms. The van der Waals surface area contributed by atoms with Crippen LogP contribution in [-0.4, -0.2) is 17.4 Å². The van der Waals surface area contributed by atoms with Crippen LogP contribution in [0, 0.1) is 0 Å². The first kappa shape index (κ1) is 7.32. The smallest absolute Gasteiger partial charge is 0.226 e. The maximum Gasteiger partial charge on any atom is 0.226 e. The van der Waals surface area contributed by atoms with Crippen molar-refractivity contribution < 1.29 is 4.79 Å². The van der Waals surface area contributed by atoms with Crippen LogP contribution in [-0.2, 0) is 4.79 Å². The van der Waals surface area contributed by atoms with E-state index in [0.29, 0.717) is 0 Å². The van der Waals surface area contributed by atoms with Gasteiger partial charge in [-0.25, -0.2) is 0 Å². The molecule has 10 heavy (non-hydrogen) atoms. The first-order chi connectivity index (χ1) is 4.84. The monoisotopic (exact) mass is 139 g/mol. The normalized spacial score (nSPS) is 20.5. The second kappa shape index (κ2) is 3.40. The van der Waals surface area contributed by atoms with Crippen molar-refractivity contribution in [2.45, 2.75) is 26.2 Å². The summed E-state index contributed by atoms with van der Waals surface area (Å²) >= 11 is 0. The number of carbonyl (C=O) groups is 1. The fourth-order valence-electron chi connectivity index (χ4n) is 1.16. The highest BCUT2D eigenvalue weighted by Gasteiger charge is 2.14. The van der Waals surface area contributed by atoms with E-state index in [1.807, 2.05) is 19.2 Å². The first-order valence-corrected chi connectivity index (χ1v) is 3.77. The van der Waals surface area contributed by atoms with Gasteiger partial charge in [0.25, 0.3) is 0 Å². The average Bonchev–Trinajstić information content (AvgIpc) is 1.94. The van der Waals surface area contributed by atoms with E-state index in [0.717, 1.165) is 25.8 Å². The second-order valence-corrected chi connectivity index (χ2v) is 2.53. The fraction of sp³-hybridized carbons (Fsp3) is 0.625. The molecule has 0 aromatic heterocycles. The SMILES string of the molecule is C/C=C/N1CCCCC1=O. The predicted molar refractivity (Wildman–Crippen MR) is 40.4 cm³/mol. The highest BCUT2D eigenvalue weighted by Crippen LogP contribution is 2.09. The molecule has 0 atom stereocenters. The van der Waals surface area contributed by atoms with Gasteiger partial charge in [-0.3, -0.25) is 4.79 Å². The van der Waals surface area contributed by atoms with Crippen LogP contribution in [0.25, 0.3) is 0 Å². The van der Waals surface area contributed by atoms with Crippen LogP contribution < -0.4 is 0 Å². The Balaban J connectivity index is 2.48. The van der Waals surface area contributed by atoms with Crippen molar-refractivity contribution in [1.82, 2.24) is 4.90 Å². The van der Waals surface area contributed by atoms with Gasteiger partial charge in [0.1, 0.15) is 0 Å². The van der Waals surface area contributed by atoms with Crippen molar-refractivity contribution >= 4 is 5.91 Å². The number of hydrogen-bond acceptors (Lipinski definition) is 1. The molecule has 0 aliphatic carbocycles. The Bertz CT molecular complexity index is 151. The Morgan fingerprint density at radius 1 is 1.50 bits per heavy atom. The van der Waals surface area contributed by atoms with Crippen LogP contribution in [0.4, 0.5) is 0 Å². The number of likely N-dealkylation sites (tertiary alicyclic amines) is 1. The van der Waals surface area contributed by atoms with Crippen molar-refractivity contribution in [3.05, 3.63) is 12.3 Å². The number of piperidine rings is 1. The predicted octanol–water partition coefficient (Wildman–Crippen LogP) is 1.53. The van der Waals surface area contributed by atoms with Gasteiger partial charge in [0.05, 0.1) is 0 Å². The summed E-state index contributed by atoms with van der Waals surface area (Å²) in [5, 5.41) is 0. The lowest BCUT2D eigenvalue weighted by Gasteiger charge is -2.22. The van der Waals surface area contributed by atoms with E-state index in [4.69, 9.17) is 0 Å². The van der Waals surface area contributed by atoms with Gasteiger partial charge in [0, 0.05) is 19.2 Å². The first-order valence-electron chi connectivity index (χ1n) is 3.77. The zero-order chi connectivity index (χ0) is 7.40. The van der Waals surface area contributed by atoms with E-state index in [9.17, 15) is 4.79 Å². The van der Waals surface area contributed by atoms with Gasteiger partial charge in [-0.15, -0.1) is 0 Å². The van der Waals surface area contributed by atoms with Crippen LogP contribution in [0.2, 0.25) is 0 Å². The fourth-order valence-corrected chi connectivity index (χ4v) is 1.16. The molecular formula is C8H13NO. The molecule has 1 rings (SSSR count). The van der Waals surface area contributed by atoms with Gasteiger partial charge >= 0.3 is 0 Å². The molecular weight excluding hydrogens is 126 g/mol. The number of allylic oxidation sites excluding steroid dienone is 1. The minimum absolute atomic E-state index is 0.268. The van der Waals surface area contributed by atoms with E-state index in [1.54, 1.807) is 4.90 Å². The largest absolute Gasteiger partial charge is 0.319 e. The molecule has 1 fully saturated rings. The molecule has 2 nitrogen and oxygen atoms in total. The van der Waals surface area contributed by atoms with Crippen LogP contribution in [0.15, 0.2) is 12.3 Å². The summed E-state index contributed by atoms with van der Waals surface area (Å²) in [5.41, 5.74) is 0. The van der Waals surface area contributed by atoms with Crippen molar-refractivity contribution in [2.75, 3.05) is 6.54 Å². The summed E-state index contributed by atoms with van der Waals surface area (Å²) in [6.45, 7) is 2.84. The van der Waals surface area contributed by atoms with Crippen LogP contribution in [0.1, 0.15) is 26.2 Å². The van der Waals surface area contributed by atoms with Gasteiger partial charge in [-0.1, -0.05) is 6.08 Å². The summed E-state index contributed by atoms with van der Waals surface area (Å²) in [7, 11) is 0. The third-order valence-corrected chi connectivity index (χ3v) is 1.69. The minimum Gasteiger partial charge on any atom is -0.319 e. The van der Waals surface area contributed by atoms with Crippen LogP contribution in [0.5, 0.6) is 0 Å². The Morgan fingerprint density at radius 2 is 2.30 bits per heavy atom. The minimum atomic E-state index is 0.268. The molecule has 0 radical (unpaired) electrons. The number of amides is 1. The van der Waals surface area contributed by atoms with Gasteiger partial charge in [0.15, 0.2) is 0 Å². The zero-order valence-electron chi connectivity index (χ0n) is 6.34. The molecule has 1 saturated heterocycles. The molecule has 1 heterocycles.